The van der Waals surface area contributed by atoms with Crippen LogP contribution in [0, 0.1) is 30.1 Å². The van der Waals surface area contributed by atoms with Gasteiger partial charge in [-0.15, -0.1) is 0 Å². The molecule has 3 aliphatic carbocycles. The maximum absolute atomic E-state index is 4.21. The van der Waals surface area contributed by atoms with Crippen LogP contribution in [0.3, 0.4) is 0 Å². The van der Waals surface area contributed by atoms with Gasteiger partial charge in [-0.3, -0.25) is 0 Å². The fourth-order valence-corrected chi connectivity index (χ4v) is 2.96. The molecule has 3 rings (SSSR count). The quantitative estimate of drug-likeness (QED) is 0.481. The van der Waals surface area contributed by atoms with Crippen molar-refractivity contribution in [2.24, 2.45) is 23.2 Å². The number of fused-ring (bicyclic) bond motifs is 2. The second kappa shape index (κ2) is 1.78. The third-order valence-corrected chi connectivity index (χ3v) is 4.00. The Morgan fingerprint density at radius 3 is 2.30 bits per heavy atom. The molecule has 0 heteroatoms. The highest BCUT2D eigenvalue weighted by Crippen LogP contribution is 2.60. The van der Waals surface area contributed by atoms with Gasteiger partial charge >= 0.3 is 0 Å². The van der Waals surface area contributed by atoms with Gasteiger partial charge in [-0.1, -0.05) is 13.8 Å². The molecule has 0 aromatic carbocycles. The van der Waals surface area contributed by atoms with Crippen LogP contribution in [0.25, 0.3) is 0 Å². The molecular weight excluding hydrogens is 120 g/mol. The van der Waals surface area contributed by atoms with E-state index in [2.05, 4.69) is 20.8 Å². The summed E-state index contributed by atoms with van der Waals surface area (Å²) in [7, 11) is 0. The minimum atomic E-state index is 0.644. The van der Waals surface area contributed by atoms with Gasteiger partial charge in [0.25, 0.3) is 0 Å². The van der Waals surface area contributed by atoms with Crippen LogP contribution in [0.2, 0.25) is 0 Å². The molecule has 0 spiro atoms. The lowest BCUT2D eigenvalue weighted by atomic mass is 9.46. The Balaban J connectivity index is 2.16. The van der Waals surface area contributed by atoms with Gasteiger partial charge < -0.3 is 0 Å². The van der Waals surface area contributed by atoms with Crippen molar-refractivity contribution in [2.75, 3.05) is 0 Å². The van der Waals surface area contributed by atoms with Crippen LogP contribution in [0.5, 0.6) is 0 Å². The molecule has 10 heavy (non-hydrogen) atoms. The minimum absolute atomic E-state index is 0.644. The average molecular weight is 137 g/mol. The summed E-state index contributed by atoms with van der Waals surface area (Å²) in [5.41, 5.74) is 0.644. The zero-order valence-electron chi connectivity index (χ0n) is 7.06. The fourth-order valence-electron chi connectivity index (χ4n) is 2.96. The molecule has 0 amide bonds. The van der Waals surface area contributed by atoms with E-state index in [1.165, 1.54) is 19.3 Å². The van der Waals surface area contributed by atoms with Crippen LogP contribution in [0.4, 0.5) is 0 Å². The Morgan fingerprint density at radius 1 is 1.30 bits per heavy atom. The molecule has 0 aromatic rings. The maximum atomic E-state index is 4.21. The first kappa shape index (κ1) is 6.69. The van der Waals surface area contributed by atoms with Gasteiger partial charge in [0.15, 0.2) is 0 Å². The number of hydrogen-bond donors (Lipinski definition) is 0. The Kier molecular flexibility index (Phi) is 1.19. The van der Waals surface area contributed by atoms with Crippen LogP contribution in [-0.4, -0.2) is 0 Å². The third-order valence-electron chi connectivity index (χ3n) is 4.00. The van der Waals surface area contributed by atoms with Crippen molar-refractivity contribution >= 4 is 0 Å². The Hall–Kier alpha value is 0. The van der Waals surface area contributed by atoms with E-state index < -0.39 is 0 Å². The fraction of sp³-hybridized carbons (Fsp3) is 0.900. The molecule has 0 aromatic heterocycles. The molecule has 0 aliphatic heterocycles. The molecule has 57 valence electrons. The van der Waals surface area contributed by atoms with Crippen LogP contribution in [-0.2, 0) is 0 Å². The van der Waals surface area contributed by atoms with E-state index in [1.54, 1.807) is 0 Å². The zero-order chi connectivity index (χ0) is 7.35. The molecule has 3 fully saturated rings. The van der Waals surface area contributed by atoms with Crippen LogP contribution >= 0.6 is 0 Å². The number of hydrogen-bond acceptors (Lipinski definition) is 0. The Labute approximate surface area is 64.0 Å². The van der Waals surface area contributed by atoms with Crippen molar-refractivity contribution in [3.63, 3.8) is 0 Å². The molecule has 3 saturated carbocycles. The second-order valence-electron chi connectivity index (χ2n) is 4.70. The zero-order valence-corrected chi connectivity index (χ0v) is 7.06. The maximum Gasteiger partial charge on any atom is -0.0295 e. The standard InChI is InChI=1S/C10H17/c1-7-4-5-8-6-9(7)10(8,2)3/h7-9H,1,4-6H2,2-3H3/t7-,8-,9-/m1/s1. The van der Waals surface area contributed by atoms with Crippen LogP contribution < -0.4 is 0 Å². The topological polar surface area (TPSA) is 0 Å². The van der Waals surface area contributed by atoms with Crippen molar-refractivity contribution < 1.29 is 0 Å². The Morgan fingerprint density at radius 2 is 2.00 bits per heavy atom. The molecule has 3 atom stereocenters. The van der Waals surface area contributed by atoms with Crippen molar-refractivity contribution in [3.05, 3.63) is 6.92 Å². The summed E-state index contributed by atoms with van der Waals surface area (Å²) < 4.78 is 0. The lowest BCUT2D eigenvalue weighted by Gasteiger charge is -2.59. The van der Waals surface area contributed by atoms with Gasteiger partial charge in [0.2, 0.25) is 0 Å². The predicted octanol–water partition coefficient (Wildman–Crippen LogP) is 2.89. The van der Waals surface area contributed by atoms with Gasteiger partial charge in [-0.05, 0) is 49.4 Å². The van der Waals surface area contributed by atoms with E-state index >= 15 is 0 Å². The summed E-state index contributed by atoms with van der Waals surface area (Å²) in [6, 6.07) is 0. The number of rotatable bonds is 0. The molecule has 1 radical (unpaired) electrons. The van der Waals surface area contributed by atoms with Gasteiger partial charge in [0.05, 0.1) is 0 Å². The van der Waals surface area contributed by atoms with Crippen LogP contribution in [0.1, 0.15) is 33.1 Å². The summed E-state index contributed by atoms with van der Waals surface area (Å²) in [6.07, 6.45) is 4.30. The van der Waals surface area contributed by atoms with E-state index in [9.17, 15) is 0 Å². The highest BCUT2D eigenvalue weighted by Gasteiger charge is 2.52. The van der Waals surface area contributed by atoms with Gasteiger partial charge in [0.1, 0.15) is 0 Å². The van der Waals surface area contributed by atoms with Crippen molar-refractivity contribution in [3.8, 4) is 0 Å². The first-order valence-corrected chi connectivity index (χ1v) is 4.45. The molecule has 0 saturated heterocycles. The SMILES string of the molecule is [CH2][C@@H]1CC[C@@H]2C[C@H]1C2(C)C. The van der Waals surface area contributed by atoms with Gasteiger partial charge in [-0.2, -0.15) is 0 Å². The van der Waals surface area contributed by atoms with E-state index in [0.29, 0.717) is 5.41 Å². The first-order chi connectivity index (χ1) is 4.62. The van der Waals surface area contributed by atoms with Crippen molar-refractivity contribution in [2.45, 2.75) is 33.1 Å². The first-order valence-electron chi connectivity index (χ1n) is 4.45. The third kappa shape index (κ3) is 0.627. The normalized spacial score (nSPS) is 50.1. The highest BCUT2D eigenvalue weighted by atomic mass is 14.6. The van der Waals surface area contributed by atoms with Crippen LogP contribution in [0.15, 0.2) is 0 Å². The summed E-state index contributed by atoms with van der Waals surface area (Å²) in [5.74, 6) is 2.75. The smallest absolute Gasteiger partial charge is 0.0295 e. The predicted molar refractivity (Wildman–Crippen MR) is 43.5 cm³/mol. The molecular formula is C10H17. The largest absolute Gasteiger partial charge is 0.0594 e. The summed E-state index contributed by atoms with van der Waals surface area (Å²) in [6.45, 7) is 9.05. The van der Waals surface area contributed by atoms with Crippen molar-refractivity contribution in [1.82, 2.24) is 0 Å². The summed E-state index contributed by atoms with van der Waals surface area (Å²) in [5, 5.41) is 0. The molecule has 0 unspecified atom stereocenters. The molecule has 0 heterocycles. The highest BCUT2D eigenvalue weighted by molar-refractivity contribution is 5.03. The molecule has 2 bridgehead atoms. The lowest BCUT2D eigenvalue weighted by molar-refractivity contribution is -0.0912. The van der Waals surface area contributed by atoms with E-state index in [0.717, 1.165) is 17.8 Å². The summed E-state index contributed by atoms with van der Waals surface area (Å²) in [4.78, 5) is 0. The average Bonchev–Trinajstić information content (AvgIpc) is 1.87. The van der Waals surface area contributed by atoms with E-state index in [-0.39, 0.29) is 0 Å². The molecule has 0 N–H and O–H groups in total. The Bertz CT molecular complexity index is 144. The second-order valence-corrected chi connectivity index (χ2v) is 4.70. The lowest BCUT2D eigenvalue weighted by Crippen LogP contribution is -2.51. The van der Waals surface area contributed by atoms with Crippen molar-refractivity contribution in [1.29, 1.82) is 0 Å². The molecule has 0 nitrogen and oxygen atoms in total. The summed E-state index contributed by atoms with van der Waals surface area (Å²) >= 11 is 0. The van der Waals surface area contributed by atoms with Gasteiger partial charge in [0, 0.05) is 0 Å². The van der Waals surface area contributed by atoms with E-state index in [1.807, 2.05) is 0 Å². The van der Waals surface area contributed by atoms with E-state index in [4.69, 9.17) is 0 Å². The molecule has 3 aliphatic rings. The minimum Gasteiger partial charge on any atom is -0.0594 e. The van der Waals surface area contributed by atoms with Gasteiger partial charge in [-0.25, -0.2) is 0 Å². The monoisotopic (exact) mass is 137 g/mol.